The van der Waals surface area contributed by atoms with Gasteiger partial charge in [-0.1, -0.05) is 0 Å². The van der Waals surface area contributed by atoms with E-state index in [9.17, 15) is 9.59 Å². The van der Waals surface area contributed by atoms with Crippen LogP contribution >= 0.6 is 11.6 Å². The summed E-state index contributed by atoms with van der Waals surface area (Å²) in [7, 11) is 0. The van der Waals surface area contributed by atoms with Crippen LogP contribution in [-0.4, -0.2) is 41.2 Å². The normalized spacial score (nSPS) is 24.2. The van der Waals surface area contributed by atoms with Crippen molar-refractivity contribution in [1.82, 2.24) is 10.2 Å². The average Bonchev–Trinajstić information content (AvgIpc) is 3.01. The maximum absolute atomic E-state index is 12.4. The van der Waals surface area contributed by atoms with Crippen LogP contribution in [0.3, 0.4) is 0 Å². The third kappa shape index (κ3) is 2.79. The SMILES string of the molecule is CC(C)(CCl)C(=O)N1CCCC1C(=O)NC1CC1. The van der Waals surface area contributed by atoms with Crippen LogP contribution < -0.4 is 5.32 Å². The number of halogens is 1. The quantitative estimate of drug-likeness (QED) is 0.789. The molecule has 0 bridgehead atoms. The first kappa shape index (κ1) is 13.7. The van der Waals surface area contributed by atoms with Gasteiger partial charge in [0.1, 0.15) is 6.04 Å². The van der Waals surface area contributed by atoms with Gasteiger partial charge in [-0.25, -0.2) is 0 Å². The van der Waals surface area contributed by atoms with Crippen molar-refractivity contribution in [2.24, 2.45) is 5.41 Å². The molecule has 0 radical (unpaired) electrons. The van der Waals surface area contributed by atoms with Crippen molar-refractivity contribution < 1.29 is 9.59 Å². The van der Waals surface area contributed by atoms with Crippen LogP contribution in [0.5, 0.6) is 0 Å². The summed E-state index contributed by atoms with van der Waals surface area (Å²) in [5, 5.41) is 2.98. The van der Waals surface area contributed by atoms with E-state index in [2.05, 4.69) is 5.32 Å². The molecule has 0 aromatic carbocycles. The second-order valence-electron chi connectivity index (χ2n) is 5.96. The Morgan fingerprint density at radius 2 is 2.00 bits per heavy atom. The molecule has 1 heterocycles. The van der Waals surface area contributed by atoms with Crippen LogP contribution in [0.1, 0.15) is 39.5 Å². The highest BCUT2D eigenvalue weighted by Crippen LogP contribution is 2.28. The van der Waals surface area contributed by atoms with Crippen LogP contribution in [0.15, 0.2) is 0 Å². The van der Waals surface area contributed by atoms with Crippen LogP contribution in [0.2, 0.25) is 0 Å². The van der Waals surface area contributed by atoms with Gasteiger partial charge in [0.2, 0.25) is 11.8 Å². The lowest BCUT2D eigenvalue weighted by Crippen LogP contribution is -2.50. The monoisotopic (exact) mass is 272 g/mol. The van der Waals surface area contributed by atoms with E-state index in [0.29, 0.717) is 12.6 Å². The molecule has 0 spiro atoms. The van der Waals surface area contributed by atoms with E-state index in [0.717, 1.165) is 25.7 Å². The van der Waals surface area contributed by atoms with Crippen molar-refractivity contribution in [2.75, 3.05) is 12.4 Å². The molecular weight excluding hydrogens is 252 g/mol. The molecule has 1 saturated heterocycles. The minimum atomic E-state index is -0.593. The van der Waals surface area contributed by atoms with Gasteiger partial charge in [0.05, 0.1) is 5.41 Å². The van der Waals surface area contributed by atoms with Crippen molar-refractivity contribution >= 4 is 23.4 Å². The number of hydrogen-bond donors (Lipinski definition) is 1. The molecule has 1 aliphatic carbocycles. The topological polar surface area (TPSA) is 49.4 Å². The summed E-state index contributed by atoms with van der Waals surface area (Å²) >= 11 is 5.84. The van der Waals surface area contributed by atoms with Crippen molar-refractivity contribution in [1.29, 1.82) is 0 Å². The Kier molecular flexibility index (Phi) is 3.85. The van der Waals surface area contributed by atoms with Crippen LogP contribution in [0.4, 0.5) is 0 Å². The van der Waals surface area contributed by atoms with E-state index >= 15 is 0 Å². The lowest BCUT2D eigenvalue weighted by Gasteiger charge is -2.31. The lowest BCUT2D eigenvalue weighted by molar-refractivity contribution is -0.144. The average molecular weight is 273 g/mol. The number of likely N-dealkylation sites (tertiary alicyclic amines) is 1. The molecule has 1 aliphatic heterocycles. The number of nitrogens with zero attached hydrogens (tertiary/aromatic N) is 1. The number of carbonyl (C=O) groups excluding carboxylic acids is 2. The summed E-state index contributed by atoms with van der Waals surface area (Å²) < 4.78 is 0. The maximum atomic E-state index is 12.4. The summed E-state index contributed by atoms with van der Waals surface area (Å²) in [6.07, 6.45) is 3.80. The Balaban J connectivity index is 2.02. The Hall–Kier alpha value is -0.770. The molecule has 2 aliphatic rings. The molecule has 5 heteroatoms. The number of hydrogen-bond acceptors (Lipinski definition) is 2. The second kappa shape index (κ2) is 5.08. The fourth-order valence-electron chi connectivity index (χ4n) is 2.25. The van der Waals surface area contributed by atoms with E-state index in [1.165, 1.54) is 0 Å². The maximum Gasteiger partial charge on any atom is 0.243 e. The Labute approximate surface area is 113 Å². The smallest absolute Gasteiger partial charge is 0.243 e. The van der Waals surface area contributed by atoms with Gasteiger partial charge < -0.3 is 10.2 Å². The van der Waals surface area contributed by atoms with Gasteiger partial charge in [0.15, 0.2) is 0 Å². The third-order valence-corrected chi connectivity index (χ3v) is 4.32. The number of amides is 2. The highest BCUT2D eigenvalue weighted by atomic mass is 35.5. The third-order valence-electron chi connectivity index (χ3n) is 3.65. The molecule has 2 fully saturated rings. The molecular formula is C13H21ClN2O2. The second-order valence-corrected chi connectivity index (χ2v) is 6.22. The van der Waals surface area contributed by atoms with Crippen LogP contribution in [0.25, 0.3) is 0 Å². The molecule has 1 saturated carbocycles. The molecule has 0 aromatic rings. The van der Waals surface area contributed by atoms with Gasteiger partial charge in [0, 0.05) is 18.5 Å². The first-order valence-corrected chi connectivity index (χ1v) is 7.16. The minimum absolute atomic E-state index is 0.00808. The van der Waals surface area contributed by atoms with E-state index in [4.69, 9.17) is 11.6 Å². The molecule has 18 heavy (non-hydrogen) atoms. The fourth-order valence-corrected chi connectivity index (χ4v) is 2.37. The van der Waals surface area contributed by atoms with Gasteiger partial charge in [-0.05, 0) is 39.5 Å². The fraction of sp³-hybridized carbons (Fsp3) is 0.846. The number of rotatable bonds is 4. The van der Waals surface area contributed by atoms with Crippen molar-refractivity contribution in [3.8, 4) is 0 Å². The van der Waals surface area contributed by atoms with Crippen molar-refractivity contribution in [3.63, 3.8) is 0 Å². The predicted octanol–water partition coefficient (Wildman–Crippen LogP) is 1.52. The minimum Gasteiger partial charge on any atom is -0.352 e. The Morgan fingerprint density at radius 1 is 1.33 bits per heavy atom. The van der Waals surface area contributed by atoms with Gasteiger partial charge in [0.25, 0.3) is 0 Å². The standard InChI is InChI=1S/C13H21ClN2O2/c1-13(2,8-14)12(18)16-7-3-4-10(16)11(17)15-9-5-6-9/h9-10H,3-8H2,1-2H3,(H,15,17). The first-order chi connectivity index (χ1) is 8.45. The van der Waals surface area contributed by atoms with E-state index in [1.807, 2.05) is 13.8 Å². The van der Waals surface area contributed by atoms with E-state index in [-0.39, 0.29) is 23.7 Å². The number of carbonyl (C=O) groups is 2. The molecule has 1 unspecified atom stereocenters. The van der Waals surface area contributed by atoms with Gasteiger partial charge in [-0.3, -0.25) is 9.59 Å². The highest BCUT2D eigenvalue weighted by Gasteiger charge is 2.41. The largest absolute Gasteiger partial charge is 0.352 e. The van der Waals surface area contributed by atoms with Crippen molar-refractivity contribution in [3.05, 3.63) is 0 Å². The summed E-state index contributed by atoms with van der Waals surface area (Å²) in [6, 6.07) is 0.0525. The first-order valence-electron chi connectivity index (χ1n) is 6.63. The van der Waals surface area contributed by atoms with Gasteiger partial charge in [-0.2, -0.15) is 0 Å². The summed E-state index contributed by atoms with van der Waals surface area (Å²) in [5.41, 5.74) is -0.593. The molecule has 2 amide bonds. The van der Waals surface area contributed by atoms with Gasteiger partial charge in [-0.15, -0.1) is 11.6 Å². The zero-order valence-corrected chi connectivity index (χ0v) is 11.8. The molecule has 0 aromatic heterocycles. The predicted molar refractivity (Wildman–Crippen MR) is 70.4 cm³/mol. The van der Waals surface area contributed by atoms with E-state index < -0.39 is 5.41 Å². The summed E-state index contributed by atoms with van der Waals surface area (Å²) in [5.74, 6) is 0.277. The lowest BCUT2D eigenvalue weighted by atomic mass is 9.94. The molecule has 102 valence electrons. The zero-order chi connectivity index (χ0) is 13.3. The summed E-state index contributed by atoms with van der Waals surface area (Å²) in [6.45, 7) is 4.33. The number of alkyl halides is 1. The molecule has 2 rings (SSSR count). The van der Waals surface area contributed by atoms with Crippen LogP contribution in [0, 0.1) is 5.41 Å². The van der Waals surface area contributed by atoms with Crippen molar-refractivity contribution in [2.45, 2.75) is 51.6 Å². The molecule has 1 N–H and O–H groups in total. The Bertz CT molecular complexity index is 353. The Morgan fingerprint density at radius 3 is 2.56 bits per heavy atom. The molecule has 4 nitrogen and oxygen atoms in total. The van der Waals surface area contributed by atoms with E-state index in [1.54, 1.807) is 4.90 Å². The van der Waals surface area contributed by atoms with Gasteiger partial charge >= 0.3 is 0 Å². The molecule has 1 atom stereocenters. The summed E-state index contributed by atoms with van der Waals surface area (Å²) in [4.78, 5) is 26.2. The number of nitrogens with one attached hydrogen (secondary N) is 1. The highest BCUT2D eigenvalue weighted by molar-refractivity contribution is 6.19. The van der Waals surface area contributed by atoms with Crippen LogP contribution in [-0.2, 0) is 9.59 Å². The zero-order valence-electron chi connectivity index (χ0n) is 11.0.